The van der Waals surface area contributed by atoms with Crippen LogP contribution in [0.3, 0.4) is 0 Å². The van der Waals surface area contributed by atoms with Gasteiger partial charge < -0.3 is 15.3 Å². The van der Waals surface area contributed by atoms with Gasteiger partial charge in [0.2, 0.25) is 0 Å². The molecule has 1 rings (SSSR count). The van der Waals surface area contributed by atoms with Crippen molar-refractivity contribution in [3.05, 3.63) is 0 Å². The Morgan fingerprint density at radius 2 is 2.00 bits per heavy atom. The molecular weight excluding hydrogens is 212 g/mol. The highest BCUT2D eigenvalue weighted by Crippen LogP contribution is 2.20. The van der Waals surface area contributed by atoms with Gasteiger partial charge in [-0.1, -0.05) is 20.8 Å². The van der Waals surface area contributed by atoms with Gasteiger partial charge in [0.15, 0.2) is 0 Å². The van der Waals surface area contributed by atoms with Crippen molar-refractivity contribution >= 4 is 0 Å². The molecule has 3 atom stereocenters. The highest BCUT2D eigenvalue weighted by Gasteiger charge is 2.29. The predicted molar refractivity (Wildman–Crippen MR) is 73.1 cm³/mol. The quantitative estimate of drug-likeness (QED) is 0.744. The number of likely N-dealkylation sites (tertiary alicyclic amines) is 1. The second-order valence-corrected chi connectivity index (χ2v) is 5.99. The summed E-state index contributed by atoms with van der Waals surface area (Å²) in [7, 11) is 0. The highest BCUT2D eigenvalue weighted by atomic mass is 16.3. The molecule has 1 aliphatic heterocycles. The zero-order valence-electron chi connectivity index (χ0n) is 11.9. The SMILES string of the molecule is CCCN1CC(NCC(C)C)CC(C(C)O)C1. The van der Waals surface area contributed by atoms with Gasteiger partial charge in [-0.2, -0.15) is 0 Å². The Bertz CT molecular complexity index is 206. The van der Waals surface area contributed by atoms with E-state index >= 15 is 0 Å². The number of aliphatic hydroxyl groups excluding tert-OH is 1. The van der Waals surface area contributed by atoms with Gasteiger partial charge in [-0.25, -0.2) is 0 Å². The molecule has 3 unspecified atom stereocenters. The van der Waals surface area contributed by atoms with Crippen molar-refractivity contribution in [3.63, 3.8) is 0 Å². The lowest BCUT2D eigenvalue weighted by molar-refractivity contribution is 0.0476. The lowest BCUT2D eigenvalue weighted by atomic mass is 9.90. The van der Waals surface area contributed by atoms with Crippen molar-refractivity contribution < 1.29 is 5.11 Å². The molecule has 2 N–H and O–H groups in total. The van der Waals surface area contributed by atoms with Gasteiger partial charge in [0.25, 0.3) is 0 Å². The Morgan fingerprint density at radius 1 is 1.29 bits per heavy atom. The molecule has 0 aromatic carbocycles. The van der Waals surface area contributed by atoms with Crippen LogP contribution in [0.5, 0.6) is 0 Å². The Labute approximate surface area is 107 Å². The molecule has 1 heterocycles. The normalized spacial score (nSPS) is 28.6. The van der Waals surface area contributed by atoms with Crippen LogP contribution in [0.15, 0.2) is 0 Å². The molecule has 17 heavy (non-hydrogen) atoms. The number of hydrogen-bond acceptors (Lipinski definition) is 3. The first-order valence-electron chi connectivity index (χ1n) is 7.16. The van der Waals surface area contributed by atoms with Crippen molar-refractivity contribution in [2.75, 3.05) is 26.2 Å². The Kier molecular flexibility index (Phi) is 6.45. The molecule has 0 aromatic heterocycles. The molecule has 102 valence electrons. The number of nitrogens with zero attached hydrogens (tertiary/aromatic N) is 1. The summed E-state index contributed by atoms with van der Waals surface area (Å²) in [5.41, 5.74) is 0. The molecule has 0 amide bonds. The number of nitrogens with one attached hydrogen (secondary N) is 1. The third-order valence-corrected chi connectivity index (χ3v) is 3.60. The molecule has 0 aromatic rings. The standard InChI is InChI=1S/C14H30N2O/c1-5-6-16-9-13(12(4)17)7-14(10-16)15-8-11(2)3/h11-15,17H,5-10H2,1-4H3. The lowest BCUT2D eigenvalue weighted by Crippen LogP contribution is -2.52. The fraction of sp³-hybridized carbons (Fsp3) is 1.00. The molecule has 0 aliphatic carbocycles. The van der Waals surface area contributed by atoms with E-state index in [2.05, 4.69) is 31.0 Å². The molecule has 0 saturated carbocycles. The summed E-state index contributed by atoms with van der Waals surface area (Å²) >= 11 is 0. The average molecular weight is 242 g/mol. The van der Waals surface area contributed by atoms with E-state index in [-0.39, 0.29) is 6.10 Å². The predicted octanol–water partition coefficient (Wildman–Crippen LogP) is 1.71. The zero-order valence-corrected chi connectivity index (χ0v) is 11.9. The Hall–Kier alpha value is -0.120. The maximum absolute atomic E-state index is 9.80. The van der Waals surface area contributed by atoms with Crippen LogP contribution in [0.4, 0.5) is 0 Å². The molecule has 0 bridgehead atoms. The minimum atomic E-state index is -0.182. The van der Waals surface area contributed by atoms with E-state index in [0.29, 0.717) is 17.9 Å². The first kappa shape index (κ1) is 14.9. The maximum atomic E-state index is 9.80. The fourth-order valence-corrected chi connectivity index (χ4v) is 2.63. The molecule has 3 nitrogen and oxygen atoms in total. The fourth-order valence-electron chi connectivity index (χ4n) is 2.63. The van der Waals surface area contributed by atoms with E-state index in [1.54, 1.807) is 0 Å². The van der Waals surface area contributed by atoms with E-state index in [0.717, 1.165) is 32.6 Å². The summed E-state index contributed by atoms with van der Waals surface area (Å²) in [6.07, 6.45) is 2.13. The Balaban J connectivity index is 2.46. The van der Waals surface area contributed by atoms with Crippen molar-refractivity contribution in [1.29, 1.82) is 0 Å². The van der Waals surface area contributed by atoms with Gasteiger partial charge >= 0.3 is 0 Å². The van der Waals surface area contributed by atoms with Crippen LogP contribution in [0.1, 0.15) is 40.5 Å². The summed E-state index contributed by atoms with van der Waals surface area (Å²) in [5.74, 6) is 1.13. The van der Waals surface area contributed by atoms with Crippen LogP contribution in [-0.2, 0) is 0 Å². The first-order valence-corrected chi connectivity index (χ1v) is 7.16. The highest BCUT2D eigenvalue weighted by molar-refractivity contribution is 4.85. The summed E-state index contributed by atoms with van der Waals surface area (Å²) in [4.78, 5) is 2.50. The van der Waals surface area contributed by atoms with E-state index < -0.39 is 0 Å². The topological polar surface area (TPSA) is 35.5 Å². The molecule has 1 aliphatic rings. The smallest absolute Gasteiger partial charge is 0.0553 e. The van der Waals surface area contributed by atoms with E-state index in [1.807, 2.05) is 6.92 Å². The zero-order chi connectivity index (χ0) is 12.8. The number of rotatable bonds is 6. The number of piperidine rings is 1. The van der Waals surface area contributed by atoms with Crippen LogP contribution in [0.2, 0.25) is 0 Å². The first-order chi connectivity index (χ1) is 8.02. The van der Waals surface area contributed by atoms with Gasteiger partial charge in [-0.05, 0) is 44.7 Å². The lowest BCUT2D eigenvalue weighted by Gasteiger charge is -2.39. The average Bonchev–Trinajstić information content (AvgIpc) is 2.26. The monoisotopic (exact) mass is 242 g/mol. The summed E-state index contributed by atoms with van der Waals surface area (Å²) in [5, 5.41) is 13.4. The van der Waals surface area contributed by atoms with Crippen LogP contribution in [0, 0.1) is 11.8 Å². The molecule has 0 spiro atoms. The number of hydrogen-bond donors (Lipinski definition) is 2. The van der Waals surface area contributed by atoms with E-state index in [4.69, 9.17) is 0 Å². The number of aliphatic hydroxyl groups is 1. The minimum absolute atomic E-state index is 0.182. The molecule has 3 heteroatoms. The molecule has 1 saturated heterocycles. The van der Waals surface area contributed by atoms with Gasteiger partial charge in [-0.3, -0.25) is 0 Å². The molecule has 1 fully saturated rings. The largest absolute Gasteiger partial charge is 0.393 e. The molecule has 0 radical (unpaired) electrons. The minimum Gasteiger partial charge on any atom is -0.393 e. The third kappa shape index (κ3) is 5.36. The van der Waals surface area contributed by atoms with Gasteiger partial charge in [-0.15, -0.1) is 0 Å². The summed E-state index contributed by atoms with van der Waals surface area (Å²) in [6.45, 7) is 13.1. The van der Waals surface area contributed by atoms with E-state index in [9.17, 15) is 5.11 Å². The van der Waals surface area contributed by atoms with Gasteiger partial charge in [0.1, 0.15) is 0 Å². The summed E-state index contributed by atoms with van der Waals surface area (Å²) in [6, 6.07) is 0.553. The van der Waals surface area contributed by atoms with Crippen LogP contribution in [0.25, 0.3) is 0 Å². The van der Waals surface area contributed by atoms with Crippen LogP contribution in [-0.4, -0.2) is 48.3 Å². The van der Waals surface area contributed by atoms with Gasteiger partial charge in [0.05, 0.1) is 6.10 Å². The maximum Gasteiger partial charge on any atom is 0.0553 e. The van der Waals surface area contributed by atoms with E-state index in [1.165, 1.54) is 6.42 Å². The van der Waals surface area contributed by atoms with Crippen LogP contribution >= 0.6 is 0 Å². The summed E-state index contributed by atoms with van der Waals surface area (Å²) < 4.78 is 0. The van der Waals surface area contributed by atoms with Gasteiger partial charge in [0, 0.05) is 19.1 Å². The van der Waals surface area contributed by atoms with Crippen LogP contribution < -0.4 is 5.32 Å². The van der Waals surface area contributed by atoms with Crippen molar-refractivity contribution in [1.82, 2.24) is 10.2 Å². The second-order valence-electron chi connectivity index (χ2n) is 5.99. The third-order valence-electron chi connectivity index (χ3n) is 3.60. The second kappa shape index (κ2) is 7.34. The van der Waals surface area contributed by atoms with Crippen molar-refractivity contribution in [3.8, 4) is 0 Å². The van der Waals surface area contributed by atoms with Crippen molar-refractivity contribution in [2.24, 2.45) is 11.8 Å². The Morgan fingerprint density at radius 3 is 2.53 bits per heavy atom. The molecular formula is C14H30N2O. The van der Waals surface area contributed by atoms with Crippen molar-refractivity contribution in [2.45, 2.75) is 52.7 Å².